The highest BCUT2D eigenvalue weighted by Crippen LogP contribution is 2.36. The molecule has 4 aliphatic heterocycles. The zero-order chi connectivity index (χ0) is 19.5. The fraction of sp³-hybridized carbons (Fsp3) is 0.571. The van der Waals surface area contributed by atoms with E-state index >= 15 is 0 Å². The molecule has 3 fully saturated rings. The Morgan fingerprint density at radius 2 is 2.07 bits per heavy atom. The first-order valence-corrected chi connectivity index (χ1v) is 10.6. The molecule has 4 atom stereocenters. The maximum absolute atomic E-state index is 13.3. The van der Waals surface area contributed by atoms with Gasteiger partial charge in [-0.1, -0.05) is 6.07 Å². The van der Waals surface area contributed by atoms with Gasteiger partial charge in [0.05, 0.1) is 12.7 Å². The van der Waals surface area contributed by atoms with E-state index in [4.69, 9.17) is 10.5 Å². The van der Waals surface area contributed by atoms with Gasteiger partial charge in [0.15, 0.2) is 0 Å². The number of fused-ring (bicyclic) bond motifs is 6. The lowest BCUT2D eigenvalue weighted by molar-refractivity contribution is 0.0271. The number of nitrogen functional groups attached to an aromatic ring is 1. The molecule has 8 heteroatoms. The van der Waals surface area contributed by atoms with E-state index in [0.717, 1.165) is 63.4 Å². The van der Waals surface area contributed by atoms with E-state index in [1.165, 1.54) is 0 Å². The molecular weight excluding hydrogens is 368 g/mol. The molecule has 152 valence electrons. The normalized spacial score (nSPS) is 30.6. The van der Waals surface area contributed by atoms with Crippen molar-refractivity contribution >= 4 is 11.8 Å². The van der Waals surface area contributed by atoms with Gasteiger partial charge >= 0.3 is 0 Å². The summed E-state index contributed by atoms with van der Waals surface area (Å²) < 4.78 is 7.74. The lowest BCUT2D eigenvalue weighted by Gasteiger charge is -2.43. The SMILES string of the molecule is Nc1ccnc(N2C[C@@H]3C[C@H](C2)c2ccc(CN4C[C@H]5C[C@@H]4CO5)c(=O)n2C3)n1. The Morgan fingerprint density at radius 3 is 2.86 bits per heavy atom. The second-order valence-corrected chi connectivity index (χ2v) is 8.96. The minimum atomic E-state index is 0.189. The van der Waals surface area contributed by atoms with Crippen molar-refractivity contribution in [1.29, 1.82) is 0 Å². The summed E-state index contributed by atoms with van der Waals surface area (Å²) >= 11 is 0. The number of pyridine rings is 1. The fourth-order valence-electron chi connectivity index (χ4n) is 5.68. The van der Waals surface area contributed by atoms with Gasteiger partial charge in [0.25, 0.3) is 5.56 Å². The summed E-state index contributed by atoms with van der Waals surface area (Å²) in [4.78, 5) is 26.7. The lowest BCUT2D eigenvalue weighted by Crippen LogP contribution is -2.48. The quantitative estimate of drug-likeness (QED) is 0.824. The van der Waals surface area contributed by atoms with Crippen LogP contribution < -0.4 is 16.2 Å². The van der Waals surface area contributed by atoms with E-state index in [-0.39, 0.29) is 5.56 Å². The lowest BCUT2D eigenvalue weighted by atomic mass is 9.83. The van der Waals surface area contributed by atoms with Crippen LogP contribution in [0.25, 0.3) is 0 Å². The van der Waals surface area contributed by atoms with Crippen LogP contribution in [0.5, 0.6) is 0 Å². The number of hydrogen-bond acceptors (Lipinski definition) is 7. The molecule has 4 bridgehead atoms. The van der Waals surface area contributed by atoms with E-state index in [1.807, 2.05) is 4.57 Å². The average molecular weight is 394 g/mol. The van der Waals surface area contributed by atoms with Crippen LogP contribution >= 0.6 is 0 Å². The third-order valence-electron chi connectivity index (χ3n) is 7.02. The van der Waals surface area contributed by atoms with Crippen molar-refractivity contribution in [2.45, 2.75) is 44.0 Å². The van der Waals surface area contributed by atoms with Crippen LogP contribution in [0, 0.1) is 5.92 Å². The molecule has 0 unspecified atom stereocenters. The van der Waals surface area contributed by atoms with Crippen LogP contribution in [0.4, 0.5) is 11.8 Å². The molecule has 4 aliphatic rings. The van der Waals surface area contributed by atoms with Gasteiger partial charge in [0.1, 0.15) is 5.82 Å². The van der Waals surface area contributed by atoms with Crippen molar-refractivity contribution < 1.29 is 4.74 Å². The minimum absolute atomic E-state index is 0.189. The molecule has 0 aliphatic carbocycles. The molecule has 3 saturated heterocycles. The molecular formula is C21H26N6O2. The topological polar surface area (TPSA) is 89.5 Å². The van der Waals surface area contributed by atoms with E-state index in [2.05, 4.69) is 31.9 Å². The molecule has 0 saturated carbocycles. The second kappa shape index (κ2) is 6.53. The van der Waals surface area contributed by atoms with Crippen LogP contribution in [0.3, 0.4) is 0 Å². The Morgan fingerprint density at radius 1 is 1.14 bits per heavy atom. The highest BCUT2D eigenvalue weighted by Gasteiger charge is 2.40. The maximum atomic E-state index is 13.3. The number of likely N-dealkylation sites (tertiary alicyclic amines) is 1. The Hall–Kier alpha value is -2.45. The number of rotatable bonds is 3. The van der Waals surface area contributed by atoms with E-state index in [0.29, 0.717) is 35.7 Å². The number of nitrogens with two attached hydrogens (primary N) is 1. The molecule has 2 aromatic rings. The third-order valence-corrected chi connectivity index (χ3v) is 7.02. The number of hydrogen-bond donors (Lipinski definition) is 1. The number of nitrogens with zero attached hydrogens (tertiary/aromatic N) is 5. The number of morpholine rings is 1. The molecule has 0 radical (unpaired) electrons. The molecule has 2 N–H and O–H groups in total. The maximum Gasteiger partial charge on any atom is 0.255 e. The molecule has 0 spiro atoms. The minimum Gasteiger partial charge on any atom is -0.384 e. The average Bonchev–Trinajstić information content (AvgIpc) is 3.34. The summed E-state index contributed by atoms with van der Waals surface area (Å²) in [6.45, 7) is 4.96. The van der Waals surface area contributed by atoms with Crippen molar-refractivity contribution in [3.8, 4) is 0 Å². The van der Waals surface area contributed by atoms with Gasteiger partial charge in [-0.15, -0.1) is 0 Å². The molecule has 0 amide bonds. The number of aromatic nitrogens is 3. The first kappa shape index (κ1) is 17.4. The molecule has 6 heterocycles. The van der Waals surface area contributed by atoms with Gasteiger partial charge in [-0.25, -0.2) is 4.98 Å². The second-order valence-electron chi connectivity index (χ2n) is 8.96. The summed E-state index contributed by atoms with van der Waals surface area (Å²) in [6.07, 6.45) is 4.30. The van der Waals surface area contributed by atoms with Crippen LogP contribution in [0.2, 0.25) is 0 Å². The van der Waals surface area contributed by atoms with Gasteiger partial charge < -0.3 is 19.9 Å². The van der Waals surface area contributed by atoms with E-state index < -0.39 is 0 Å². The highest BCUT2D eigenvalue weighted by molar-refractivity contribution is 5.40. The number of piperidine rings is 1. The molecule has 2 aromatic heterocycles. The summed E-state index contributed by atoms with van der Waals surface area (Å²) in [5.41, 5.74) is 8.10. The first-order chi connectivity index (χ1) is 14.1. The number of anilines is 2. The van der Waals surface area contributed by atoms with Crippen molar-refractivity contribution in [3.63, 3.8) is 0 Å². The molecule has 6 rings (SSSR count). The van der Waals surface area contributed by atoms with Gasteiger partial charge in [0, 0.05) is 62.1 Å². The van der Waals surface area contributed by atoms with E-state index in [1.54, 1.807) is 12.3 Å². The van der Waals surface area contributed by atoms with Crippen molar-refractivity contribution in [2.75, 3.05) is 36.9 Å². The molecule has 8 nitrogen and oxygen atoms in total. The highest BCUT2D eigenvalue weighted by atomic mass is 16.5. The predicted molar refractivity (Wildman–Crippen MR) is 109 cm³/mol. The zero-order valence-electron chi connectivity index (χ0n) is 16.4. The summed E-state index contributed by atoms with van der Waals surface area (Å²) in [6, 6.07) is 6.42. The standard InChI is InChI=1S/C21H26N6O2/c22-19-3-4-23-21(24-19)26-7-13-5-15(10-26)18-2-1-14(20(28)27(18)8-13)9-25-11-17-6-16(25)12-29-17/h1-4,13,15-17H,5-12H2,(H2,22,23,24)/t13-,15+,16+,17+/m0/s1. The van der Waals surface area contributed by atoms with Crippen molar-refractivity contribution in [1.82, 2.24) is 19.4 Å². The van der Waals surface area contributed by atoms with Crippen LogP contribution in [0.15, 0.2) is 29.2 Å². The summed E-state index contributed by atoms with van der Waals surface area (Å²) in [5, 5.41) is 0. The van der Waals surface area contributed by atoms with Gasteiger partial charge in [-0.3, -0.25) is 9.69 Å². The first-order valence-electron chi connectivity index (χ1n) is 10.6. The monoisotopic (exact) mass is 394 g/mol. The van der Waals surface area contributed by atoms with Crippen LogP contribution in [-0.2, 0) is 17.8 Å². The summed E-state index contributed by atoms with van der Waals surface area (Å²) in [5.74, 6) is 1.94. The zero-order valence-corrected chi connectivity index (χ0v) is 16.4. The molecule has 0 aromatic carbocycles. The van der Waals surface area contributed by atoms with Crippen molar-refractivity contribution in [2.24, 2.45) is 5.92 Å². The summed E-state index contributed by atoms with van der Waals surface area (Å²) in [7, 11) is 0. The largest absolute Gasteiger partial charge is 0.384 e. The fourth-order valence-corrected chi connectivity index (χ4v) is 5.68. The van der Waals surface area contributed by atoms with Crippen molar-refractivity contribution in [3.05, 3.63) is 46.0 Å². The van der Waals surface area contributed by atoms with Crippen LogP contribution in [-0.4, -0.2) is 57.8 Å². The smallest absolute Gasteiger partial charge is 0.255 e. The Bertz CT molecular complexity index is 1010. The predicted octanol–water partition coefficient (Wildman–Crippen LogP) is 0.817. The van der Waals surface area contributed by atoms with Gasteiger partial charge in [-0.2, -0.15) is 4.98 Å². The van der Waals surface area contributed by atoms with Gasteiger partial charge in [-0.05, 0) is 30.9 Å². The van der Waals surface area contributed by atoms with Crippen LogP contribution in [0.1, 0.15) is 30.0 Å². The van der Waals surface area contributed by atoms with E-state index in [9.17, 15) is 4.79 Å². The number of ether oxygens (including phenoxy) is 1. The van der Waals surface area contributed by atoms with Gasteiger partial charge in [0.2, 0.25) is 5.95 Å². The third kappa shape index (κ3) is 2.93. The Balaban J connectivity index is 1.26. The molecule has 29 heavy (non-hydrogen) atoms. The Kier molecular flexibility index (Phi) is 3.92. The Labute approximate surface area is 169 Å².